The predicted octanol–water partition coefficient (Wildman–Crippen LogP) is 5.21. The van der Waals surface area contributed by atoms with Gasteiger partial charge in [0.1, 0.15) is 11.5 Å². The van der Waals surface area contributed by atoms with Crippen molar-refractivity contribution in [2.24, 2.45) is 0 Å². The van der Waals surface area contributed by atoms with Gasteiger partial charge in [-0.1, -0.05) is 29.3 Å². The van der Waals surface area contributed by atoms with Crippen molar-refractivity contribution >= 4 is 34.6 Å². The number of anilines is 1. The Bertz CT molecular complexity index is 695. The molecule has 0 amide bonds. The molecule has 1 atom stereocenters. The van der Waals surface area contributed by atoms with Crippen molar-refractivity contribution in [1.82, 2.24) is 0 Å². The highest BCUT2D eigenvalue weighted by atomic mass is 35.5. The van der Waals surface area contributed by atoms with E-state index in [1.165, 1.54) is 36.4 Å². The van der Waals surface area contributed by atoms with Crippen LogP contribution in [0.3, 0.4) is 0 Å². The van der Waals surface area contributed by atoms with Crippen LogP contribution >= 0.6 is 23.2 Å². The number of nitro benzene ring substituents is 1. The molecular formula is C14H11Cl2FN2O2. The zero-order valence-corrected chi connectivity index (χ0v) is 12.5. The molecule has 2 rings (SSSR count). The van der Waals surface area contributed by atoms with Crippen LogP contribution in [0.1, 0.15) is 18.5 Å². The van der Waals surface area contributed by atoms with Crippen LogP contribution in [0.15, 0.2) is 36.4 Å². The first-order valence-corrected chi connectivity index (χ1v) is 6.79. The van der Waals surface area contributed by atoms with E-state index in [-0.39, 0.29) is 22.4 Å². The second kappa shape index (κ2) is 6.28. The number of nitro groups is 1. The molecule has 0 saturated heterocycles. The zero-order valence-electron chi connectivity index (χ0n) is 10.9. The average Bonchev–Trinajstić information content (AvgIpc) is 2.37. The number of rotatable bonds is 4. The third-order valence-electron chi connectivity index (χ3n) is 2.96. The molecule has 0 aliphatic rings. The number of nitrogens with one attached hydrogen (secondary N) is 1. The van der Waals surface area contributed by atoms with E-state index in [1.807, 2.05) is 0 Å². The van der Waals surface area contributed by atoms with Gasteiger partial charge < -0.3 is 5.32 Å². The van der Waals surface area contributed by atoms with E-state index in [0.29, 0.717) is 10.6 Å². The zero-order chi connectivity index (χ0) is 15.6. The quantitative estimate of drug-likeness (QED) is 0.618. The molecule has 0 saturated carbocycles. The summed E-state index contributed by atoms with van der Waals surface area (Å²) in [6.45, 7) is 1.77. The lowest BCUT2D eigenvalue weighted by Crippen LogP contribution is -2.09. The Morgan fingerprint density at radius 3 is 2.57 bits per heavy atom. The normalized spacial score (nSPS) is 12.0. The molecule has 4 nitrogen and oxygen atoms in total. The fourth-order valence-corrected chi connectivity index (χ4v) is 2.45. The molecule has 2 aromatic rings. The highest BCUT2D eigenvalue weighted by molar-refractivity contribution is 6.31. The van der Waals surface area contributed by atoms with Gasteiger partial charge in [-0.25, -0.2) is 4.39 Å². The maximum Gasteiger partial charge on any atom is 0.292 e. The maximum absolute atomic E-state index is 13.0. The Morgan fingerprint density at radius 2 is 1.95 bits per heavy atom. The Labute approximate surface area is 130 Å². The van der Waals surface area contributed by atoms with Gasteiger partial charge in [0.15, 0.2) is 0 Å². The number of benzene rings is 2. The molecule has 7 heteroatoms. The lowest BCUT2D eigenvalue weighted by Gasteiger charge is -2.17. The fraction of sp³-hybridized carbons (Fsp3) is 0.143. The number of halogens is 3. The molecule has 0 heterocycles. The summed E-state index contributed by atoms with van der Waals surface area (Å²) in [5.41, 5.74) is 0.817. The van der Waals surface area contributed by atoms with E-state index >= 15 is 0 Å². The summed E-state index contributed by atoms with van der Waals surface area (Å²) >= 11 is 11.8. The summed E-state index contributed by atoms with van der Waals surface area (Å²) in [6.07, 6.45) is 0. The first kappa shape index (κ1) is 15.5. The first-order chi connectivity index (χ1) is 9.88. The summed E-state index contributed by atoms with van der Waals surface area (Å²) in [7, 11) is 0. The Hall–Kier alpha value is -1.85. The minimum atomic E-state index is -0.502. The highest BCUT2D eigenvalue weighted by Crippen LogP contribution is 2.32. The summed E-state index contributed by atoms with van der Waals surface area (Å²) in [6, 6.07) is 7.90. The Morgan fingerprint density at radius 1 is 1.24 bits per heavy atom. The summed E-state index contributed by atoms with van der Waals surface area (Å²) in [4.78, 5) is 10.5. The largest absolute Gasteiger partial charge is 0.373 e. The Kier molecular flexibility index (Phi) is 4.65. The van der Waals surface area contributed by atoms with Gasteiger partial charge in [-0.15, -0.1) is 0 Å². The lowest BCUT2D eigenvalue weighted by molar-refractivity contribution is -0.384. The van der Waals surface area contributed by atoms with Crippen LogP contribution in [0.5, 0.6) is 0 Å². The molecule has 110 valence electrons. The molecule has 21 heavy (non-hydrogen) atoms. The minimum absolute atomic E-state index is 0.0931. The number of nitrogens with zero attached hydrogens (tertiary/aromatic N) is 1. The van der Waals surface area contributed by atoms with Crippen LogP contribution in [-0.2, 0) is 0 Å². The van der Waals surface area contributed by atoms with Gasteiger partial charge in [0.25, 0.3) is 5.69 Å². The van der Waals surface area contributed by atoms with Gasteiger partial charge in [-0.05, 0) is 36.8 Å². The van der Waals surface area contributed by atoms with E-state index in [4.69, 9.17) is 23.2 Å². The maximum atomic E-state index is 13.0. The second-order valence-corrected chi connectivity index (χ2v) is 5.29. The van der Waals surface area contributed by atoms with E-state index in [9.17, 15) is 14.5 Å². The van der Waals surface area contributed by atoms with Crippen molar-refractivity contribution in [2.75, 3.05) is 5.32 Å². The number of hydrogen-bond acceptors (Lipinski definition) is 3. The molecule has 0 fully saturated rings. The number of hydrogen-bond donors (Lipinski definition) is 1. The van der Waals surface area contributed by atoms with Gasteiger partial charge in [0.2, 0.25) is 0 Å². The van der Waals surface area contributed by atoms with Crippen molar-refractivity contribution in [3.05, 3.63) is 67.9 Å². The second-order valence-electron chi connectivity index (χ2n) is 4.45. The van der Waals surface area contributed by atoms with Crippen LogP contribution in [-0.4, -0.2) is 4.92 Å². The van der Waals surface area contributed by atoms with Crippen molar-refractivity contribution in [1.29, 1.82) is 0 Å². The lowest BCUT2D eigenvalue weighted by atomic mass is 10.1. The summed E-state index contributed by atoms with van der Waals surface area (Å²) in [5.74, 6) is -0.440. The molecule has 0 aliphatic carbocycles. The predicted molar refractivity (Wildman–Crippen MR) is 81.6 cm³/mol. The molecule has 0 bridgehead atoms. The first-order valence-electron chi connectivity index (χ1n) is 6.04. The van der Waals surface area contributed by atoms with Gasteiger partial charge in [0.05, 0.1) is 11.0 Å². The van der Waals surface area contributed by atoms with E-state index in [2.05, 4.69) is 5.32 Å². The van der Waals surface area contributed by atoms with Crippen LogP contribution < -0.4 is 5.32 Å². The molecule has 1 N–H and O–H groups in total. The third-order valence-corrected chi connectivity index (χ3v) is 3.52. The van der Waals surface area contributed by atoms with Crippen LogP contribution in [0.2, 0.25) is 10.0 Å². The van der Waals surface area contributed by atoms with Crippen LogP contribution in [0, 0.1) is 15.9 Å². The molecule has 0 spiro atoms. The van der Waals surface area contributed by atoms with Crippen molar-refractivity contribution in [2.45, 2.75) is 13.0 Å². The molecule has 0 aliphatic heterocycles. The molecule has 1 unspecified atom stereocenters. The van der Waals surface area contributed by atoms with E-state index in [1.54, 1.807) is 6.92 Å². The topological polar surface area (TPSA) is 55.2 Å². The van der Waals surface area contributed by atoms with Crippen molar-refractivity contribution < 1.29 is 9.31 Å². The summed E-state index contributed by atoms with van der Waals surface area (Å²) < 4.78 is 13.0. The van der Waals surface area contributed by atoms with Crippen LogP contribution in [0.4, 0.5) is 15.8 Å². The van der Waals surface area contributed by atoms with E-state index < -0.39 is 10.7 Å². The van der Waals surface area contributed by atoms with Crippen molar-refractivity contribution in [3.8, 4) is 0 Å². The molecular weight excluding hydrogens is 318 g/mol. The minimum Gasteiger partial charge on any atom is -0.373 e. The SMILES string of the molecule is CC(Nc1cc(Cl)ccc1[N+](=O)[O-])c1ccc(F)cc1Cl. The monoisotopic (exact) mass is 328 g/mol. The highest BCUT2D eigenvalue weighted by Gasteiger charge is 2.18. The van der Waals surface area contributed by atoms with Gasteiger partial charge in [0, 0.05) is 16.1 Å². The molecule has 0 radical (unpaired) electrons. The van der Waals surface area contributed by atoms with Gasteiger partial charge >= 0.3 is 0 Å². The van der Waals surface area contributed by atoms with Gasteiger partial charge in [-0.3, -0.25) is 10.1 Å². The average molecular weight is 329 g/mol. The van der Waals surface area contributed by atoms with Crippen LogP contribution in [0.25, 0.3) is 0 Å². The molecule has 2 aromatic carbocycles. The van der Waals surface area contributed by atoms with Gasteiger partial charge in [-0.2, -0.15) is 0 Å². The summed E-state index contributed by atoms with van der Waals surface area (Å²) in [5, 5.41) is 14.6. The van der Waals surface area contributed by atoms with Crippen molar-refractivity contribution in [3.63, 3.8) is 0 Å². The molecule has 0 aromatic heterocycles. The smallest absolute Gasteiger partial charge is 0.292 e. The Balaban J connectivity index is 2.33. The third kappa shape index (κ3) is 3.62. The fourth-order valence-electron chi connectivity index (χ4n) is 1.95. The standard InChI is InChI=1S/C14H11Cl2FN2O2/c1-8(11-4-3-10(17)7-12(11)16)18-13-6-9(15)2-5-14(13)19(20)21/h2-8,18H,1H3. The van der Waals surface area contributed by atoms with E-state index in [0.717, 1.165) is 0 Å².